The van der Waals surface area contributed by atoms with Gasteiger partial charge in [-0.2, -0.15) is 0 Å². The van der Waals surface area contributed by atoms with Gasteiger partial charge in [-0.15, -0.1) is 11.3 Å². The summed E-state index contributed by atoms with van der Waals surface area (Å²) in [5.74, 6) is -0.317. The smallest absolute Gasteiger partial charge is 0.341 e. The van der Waals surface area contributed by atoms with E-state index >= 15 is 0 Å². The van der Waals surface area contributed by atoms with E-state index in [-0.39, 0.29) is 5.97 Å². The Bertz CT molecular complexity index is 839. The summed E-state index contributed by atoms with van der Waals surface area (Å²) in [7, 11) is 0. The van der Waals surface area contributed by atoms with Gasteiger partial charge in [-0.25, -0.2) is 4.79 Å². The molecule has 174 valence electrons. The van der Waals surface area contributed by atoms with Crippen LogP contribution in [0.1, 0.15) is 87.9 Å². The maximum absolute atomic E-state index is 12.6. The Morgan fingerprint density at radius 3 is 2.19 bits per heavy atom. The number of nitrogens with one attached hydrogen (secondary N) is 2. The fourth-order valence-corrected chi connectivity index (χ4v) is 5.61. The third-order valence-corrected chi connectivity index (χ3v) is 7.27. The van der Waals surface area contributed by atoms with Gasteiger partial charge in [0.05, 0.1) is 12.2 Å². The van der Waals surface area contributed by atoms with Crippen LogP contribution >= 0.6 is 23.6 Å². The van der Waals surface area contributed by atoms with Crippen molar-refractivity contribution in [3.63, 3.8) is 0 Å². The zero-order chi connectivity index (χ0) is 22.6. The van der Waals surface area contributed by atoms with E-state index in [9.17, 15) is 4.79 Å². The van der Waals surface area contributed by atoms with Crippen LogP contribution in [0.15, 0.2) is 36.4 Å². The standard InChI is InChI=1S/C26H36N2O2S2/c1-2-30-25(29)22-19-23(20-15-11-10-12-16-20)32-24(22)28-26(31)27-21-17-13-8-6-4-3-5-7-9-14-18-21/h10-12,15-16,19,21H,2-9,13-14,17-18H2,1H3,(H2,27,28,31). The van der Waals surface area contributed by atoms with E-state index in [1.54, 1.807) is 0 Å². The van der Waals surface area contributed by atoms with Crippen molar-refractivity contribution in [2.75, 3.05) is 11.9 Å². The molecule has 1 saturated carbocycles. The third-order valence-electron chi connectivity index (χ3n) is 5.95. The van der Waals surface area contributed by atoms with Gasteiger partial charge in [0, 0.05) is 10.9 Å². The average molecular weight is 473 g/mol. The Morgan fingerprint density at radius 2 is 1.59 bits per heavy atom. The van der Waals surface area contributed by atoms with Crippen LogP contribution in [0.3, 0.4) is 0 Å². The Kier molecular flexibility index (Phi) is 10.5. The van der Waals surface area contributed by atoms with Gasteiger partial charge >= 0.3 is 5.97 Å². The zero-order valence-corrected chi connectivity index (χ0v) is 20.8. The maximum Gasteiger partial charge on any atom is 0.341 e. The minimum atomic E-state index is -0.317. The fraction of sp³-hybridized carbons (Fsp3) is 0.538. The van der Waals surface area contributed by atoms with Gasteiger partial charge in [0.1, 0.15) is 5.00 Å². The van der Waals surface area contributed by atoms with Gasteiger partial charge in [-0.1, -0.05) is 88.1 Å². The largest absolute Gasteiger partial charge is 0.462 e. The summed E-state index contributed by atoms with van der Waals surface area (Å²) in [5, 5.41) is 8.19. The molecule has 0 amide bonds. The topological polar surface area (TPSA) is 50.4 Å². The van der Waals surface area contributed by atoms with Gasteiger partial charge in [0.25, 0.3) is 0 Å². The van der Waals surface area contributed by atoms with Crippen LogP contribution < -0.4 is 10.6 Å². The van der Waals surface area contributed by atoms with Gasteiger partial charge in [0.15, 0.2) is 5.11 Å². The summed E-state index contributed by atoms with van der Waals surface area (Å²) in [5.41, 5.74) is 1.62. The van der Waals surface area contributed by atoms with Crippen molar-refractivity contribution in [2.45, 2.75) is 83.6 Å². The van der Waals surface area contributed by atoms with E-state index < -0.39 is 0 Å². The maximum atomic E-state index is 12.6. The Hall–Kier alpha value is -1.92. The molecule has 1 fully saturated rings. The van der Waals surface area contributed by atoms with E-state index in [1.807, 2.05) is 43.3 Å². The summed E-state index contributed by atoms with van der Waals surface area (Å²) in [6, 6.07) is 12.4. The van der Waals surface area contributed by atoms with Gasteiger partial charge in [0.2, 0.25) is 0 Å². The summed E-state index contributed by atoms with van der Waals surface area (Å²) in [6.45, 7) is 2.17. The Labute approximate surface area is 202 Å². The van der Waals surface area contributed by atoms with Crippen LogP contribution in [0.4, 0.5) is 5.00 Å². The summed E-state index contributed by atoms with van der Waals surface area (Å²) >= 11 is 7.21. The molecule has 0 unspecified atom stereocenters. The molecule has 0 atom stereocenters. The molecule has 1 aliphatic rings. The number of carbonyl (C=O) groups excluding carboxylic acids is 1. The minimum absolute atomic E-state index is 0.317. The van der Waals surface area contributed by atoms with E-state index in [4.69, 9.17) is 17.0 Å². The quantitative estimate of drug-likeness (QED) is 0.347. The number of thiocarbonyl (C=S) groups is 1. The van der Waals surface area contributed by atoms with Gasteiger partial charge < -0.3 is 15.4 Å². The Balaban J connectivity index is 1.67. The number of ether oxygens (including phenoxy) is 1. The molecule has 2 N–H and O–H groups in total. The van der Waals surface area contributed by atoms with Crippen molar-refractivity contribution < 1.29 is 9.53 Å². The molecule has 0 saturated heterocycles. The van der Waals surface area contributed by atoms with Crippen molar-refractivity contribution in [1.82, 2.24) is 5.32 Å². The minimum Gasteiger partial charge on any atom is -0.462 e. The number of anilines is 1. The molecule has 6 heteroatoms. The molecule has 2 aromatic rings. The second-order valence-corrected chi connectivity index (χ2v) is 9.96. The third kappa shape index (κ3) is 7.89. The lowest BCUT2D eigenvalue weighted by Gasteiger charge is -2.21. The van der Waals surface area contributed by atoms with Crippen molar-refractivity contribution in [3.05, 3.63) is 42.0 Å². The molecule has 1 aromatic heterocycles. The van der Waals surface area contributed by atoms with Crippen molar-refractivity contribution in [1.29, 1.82) is 0 Å². The molecule has 0 spiro atoms. The first-order valence-electron chi connectivity index (χ1n) is 12.1. The van der Waals surface area contributed by atoms with Crippen LogP contribution in [0.5, 0.6) is 0 Å². The molecule has 1 aromatic carbocycles. The number of esters is 1. The van der Waals surface area contributed by atoms with Gasteiger partial charge in [-0.3, -0.25) is 0 Å². The van der Waals surface area contributed by atoms with Crippen molar-refractivity contribution in [2.24, 2.45) is 0 Å². The van der Waals surface area contributed by atoms with Crippen molar-refractivity contribution in [3.8, 4) is 10.4 Å². The molecule has 0 bridgehead atoms. The first kappa shape index (κ1) is 24.7. The zero-order valence-electron chi connectivity index (χ0n) is 19.2. The van der Waals surface area contributed by atoms with Gasteiger partial charge in [-0.05, 0) is 43.6 Å². The highest BCUT2D eigenvalue weighted by Crippen LogP contribution is 2.36. The lowest BCUT2D eigenvalue weighted by Crippen LogP contribution is -2.38. The number of hydrogen-bond acceptors (Lipinski definition) is 4. The van der Waals surface area contributed by atoms with Crippen molar-refractivity contribution >= 4 is 39.6 Å². The number of thiophene rings is 1. The number of benzene rings is 1. The van der Waals surface area contributed by atoms with E-state index in [2.05, 4.69) is 10.6 Å². The first-order valence-corrected chi connectivity index (χ1v) is 13.3. The van der Waals surface area contributed by atoms with Crippen LogP contribution in [-0.2, 0) is 4.74 Å². The highest BCUT2D eigenvalue weighted by molar-refractivity contribution is 7.80. The SMILES string of the molecule is CCOC(=O)c1cc(-c2ccccc2)sc1NC(=S)NC1CCCCCCCCCCC1. The predicted octanol–water partition coefficient (Wildman–Crippen LogP) is 7.55. The Morgan fingerprint density at radius 1 is 1.00 bits per heavy atom. The molecule has 3 rings (SSSR count). The summed E-state index contributed by atoms with van der Waals surface area (Å²) < 4.78 is 5.29. The molecule has 0 aliphatic heterocycles. The highest BCUT2D eigenvalue weighted by Gasteiger charge is 2.20. The fourth-order valence-electron chi connectivity index (χ4n) is 4.22. The molecule has 0 radical (unpaired) electrons. The lowest BCUT2D eigenvalue weighted by molar-refractivity contribution is 0.0528. The second-order valence-electron chi connectivity index (χ2n) is 8.49. The van der Waals surface area contributed by atoms with E-state index in [0.717, 1.165) is 28.3 Å². The molecule has 1 heterocycles. The summed E-state index contributed by atoms with van der Waals surface area (Å²) in [4.78, 5) is 13.6. The summed E-state index contributed by atoms with van der Waals surface area (Å²) in [6.07, 6.45) is 14.2. The molecule has 32 heavy (non-hydrogen) atoms. The molecule has 4 nitrogen and oxygen atoms in total. The first-order chi connectivity index (χ1) is 15.7. The van der Waals surface area contributed by atoms with Crippen LogP contribution in [0, 0.1) is 0 Å². The van der Waals surface area contributed by atoms with E-state index in [1.165, 1.54) is 69.1 Å². The second kappa shape index (κ2) is 13.6. The highest BCUT2D eigenvalue weighted by atomic mass is 32.1. The monoisotopic (exact) mass is 472 g/mol. The molecular formula is C26H36N2O2S2. The average Bonchev–Trinajstić information content (AvgIpc) is 3.20. The van der Waals surface area contributed by atoms with Crippen LogP contribution in [0.25, 0.3) is 10.4 Å². The predicted molar refractivity (Wildman–Crippen MR) is 140 cm³/mol. The molecule has 1 aliphatic carbocycles. The van der Waals surface area contributed by atoms with E-state index in [0.29, 0.717) is 23.3 Å². The number of hydrogen-bond donors (Lipinski definition) is 2. The normalized spacial score (nSPS) is 16.4. The lowest BCUT2D eigenvalue weighted by atomic mass is 9.98. The number of carbonyl (C=O) groups is 1. The van der Waals surface area contributed by atoms with Crippen LogP contribution in [-0.4, -0.2) is 23.7 Å². The van der Waals surface area contributed by atoms with Crippen LogP contribution in [0.2, 0.25) is 0 Å². The number of rotatable bonds is 5. The molecular weight excluding hydrogens is 436 g/mol.